The molecule has 3 heteroatoms. The molecule has 0 aliphatic heterocycles. The van der Waals surface area contributed by atoms with Gasteiger partial charge in [0.2, 0.25) is 0 Å². The van der Waals surface area contributed by atoms with Gasteiger partial charge in [0.15, 0.2) is 0 Å². The number of nitrogens with one attached hydrogen (secondary N) is 1. The normalized spacial score (nSPS) is 8.36. The van der Waals surface area contributed by atoms with Crippen molar-refractivity contribution in [2.24, 2.45) is 0 Å². The highest BCUT2D eigenvalue weighted by Crippen LogP contribution is 1.82. The number of rotatable bonds is 6. The van der Waals surface area contributed by atoms with Gasteiger partial charge < -0.3 is 10.1 Å². The molecular weight excluding hydrogens is 158 g/mol. The maximum atomic E-state index is 4.94. The molecule has 0 unspecified atom stereocenters. The van der Waals surface area contributed by atoms with E-state index in [4.69, 9.17) is 17.0 Å². The largest absolute Gasteiger partial charge is 0.500 e. The molecule has 0 aliphatic rings. The first-order chi connectivity index (χ1) is 5.31. The maximum absolute atomic E-state index is 4.94. The summed E-state index contributed by atoms with van der Waals surface area (Å²) in [7, 11) is 0. The summed E-state index contributed by atoms with van der Waals surface area (Å²) in [4.78, 5) is 0.799. The van der Waals surface area contributed by atoms with E-state index >= 15 is 0 Å². The minimum atomic E-state index is 0.598. The first-order valence-electron chi connectivity index (χ1n) is 3.41. The first-order valence-corrected chi connectivity index (χ1v) is 3.82. The van der Waals surface area contributed by atoms with Crippen LogP contribution in [0.4, 0.5) is 0 Å². The lowest BCUT2D eigenvalue weighted by atomic mass is 10.4. The smallest absolute Gasteiger partial charge is 0.104 e. The Kier molecular flexibility index (Phi) is 6.73. The highest BCUT2D eigenvalue weighted by molar-refractivity contribution is 7.80. The molecule has 1 N–H and O–H groups in total. The highest BCUT2D eigenvalue weighted by Gasteiger charge is 1.89. The first kappa shape index (κ1) is 10.2. The molecule has 0 amide bonds. The minimum absolute atomic E-state index is 0.598. The molecule has 0 spiro atoms. The number of ether oxygens (including phenoxy) is 1. The lowest BCUT2D eigenvalue weighted by Gasteiger charge is -2.04. The standard InChI is InChI=1S/C8H13NOS/c1-3-5-8(11)9-6-7-10-4-2/h3-4H,1-2,5-7H2,(H,9,11). The Balaban J connectivity index is 3.16. The molecule has 0 aromatic heterocycles. The average molecular weight is 171 g/mol. The van der Waals surface area contributed by atoms with Gasteiger partial charge in [0.05, 0.1) is 11.3 Å². The lowest BCUT2D eigenvalue weighted by molar-refractivity contribution is 0.256. The molecule has 2 nitrogen and oxygen atoms in total. The second-order valence-electron chi connectivity index (χ2n) is 1.88. The van der Waals surface area contributed by atoms with Crippen molar-refractivity contribution >= 4 is 17.2 Å². The molecule has 0 saturated heterocycles. The van der Waals surface area contributed by atoms with Crippen LogP contribution >= 0.6 is 12.2 Å². The van der Waals surface area contributed by atoms with Gasteiger partial charge in [-0.2, -0.15) is 0 Å². The van der Waals surface area contributed by atoms with Crippen LogP contribution in [0.15, 0.2) is 25.5 Å². The summed E-state index contributed by atoms with van der Waals surface area (Å²) in [5, 5.41) is 3.01. The zero-order valence-corrected chi connectivity index (χ0v) is 7.32. The Morgan fingerprint density at radius 2 is 2.27 bits per heavy atom. The molecule has 11 heavy (non-hydrogen) atoms. The Hall–Kier alpha value is -0.830. The molecular formula is C8H13NOS. The van der Waals surface area contributed by atoms with Crippen LogP contribution in [-0.2, 0) is 4.74 Å². The van der Waals surface area contributed by atoms with Gasteiger partial charge in [-0.1, -0.05) is 24.9 Å². The van der Waals surface area contributed by atoms with Gasteiger partial charge in [-0.3, -0.25) is 0 Å². The van der Waals surface area contributed by atoms with E-state index < -0.39 is 0 Å². The summed E-state index contributed by atoms with van der Waals surface area (Å²) < 4.78 is 4.88. The van der Waals surface area contributed by atoms with E-state index in [2.05, 4.69) is 18.5 Å². The van der Waals surface area contributed by atoms with E-state index in [0.29, 0.717) is 6.61 Å². The van der Waals surface area contributed by atoms with Gasteiger partial charge in [-0.25, -0.2) is 0 Å². The third-order valence-corrected chi connectivity index (χ3v) is 1.30. The monoisotopic (exact) mass is 171 g/mol. The van der Waals surface area contributed by atoms with Gasteiger partial charge >= 0.3 is 0 Å². The predicted octanol–water partition coefficient (Wildman–Crippen LogP) is 1.64. The number of thiocarbonyl (C=S) groups is 1. The van der Waals surface area contributed by atoms with Crippen LogP contribution in [0.5, 0.6) is 0 Å². The van der Waals surface area contributed by atoms with Crippen molar-refractivity contribution in [2.45, 2.75) is 6.42 Å². The molecule has 0 aliphatic carbocycles. The summed E-state index contributed by atoms with van der Waals surface area (Å²) in [5.74, 6) is 0. The molecule has 0 saturated carbocycles. The van der Waals surface area contributed by atoms with Gasteiger partial charge in [-0.05, 0) is 0 Å². The SMILES string of the molecule is C=CCC(=S)NCCOC=C. The predicted molar refractivity (Wildman–Crippen MR) is 51.6 cm³/mol. The third-order valence-electron chi connectivity index (χ3n) is 0.990. The summed E-state index contributed by atoms with van der Waals surface area (Å²) in [6.07, 6.45) is 3.91. The topological polar surface area (TPSA) is 21.3 Å². The van der Waals surface area contributed by atoms with E-state index in [1.807, 2.05) is 0 Å². The molecule has 0 bridgehead atoms. The van der Waals surface area contributed by atoms with Gasteiger partial charge in [0.1, 0.15) is 6.61 Å². The van der Waals surface area contributed by atoms with Crippen LogP contribution < -0.4 is 5.32 Å². The molecule has 62 valence electrons. The van der Waals surface area contributed by atoms with E-state index in [0.717, 1.165) is 18.0 Å². The van der Waals surface area contributed by atoms with Crippen LogP contribution in [0, 0.1) is 0 Å². The lowest BCUT2D eigenvalue weighted by Crippen LogP contribution is -2.24. The van der Waals surface area contributed by atoms with Crippen LogP contribution in [0.2, 0.25) is 0 Å². The number of hydrogen-bond acceptors (Lipinski definition) is 2. The van der Waals surface area contributed by atoms with Crippen molar-refractivity contribution in [1.82, 2.24) is 5.32 Å². The molecule has 0 radical (unpaired) electrons. The fourth-order valence-corrected chi connectivity index (χ4v) is 0.756. The molecule has 0 atom stereocenters. The summed E-state index contributed by atoms with van der Waals surface area (Å²) in [6.45, 7) is 8.30. The summed E-state index contributed by atoms with van der Waals surface area (Å²) in [6, 6.07) is 0. The Morgan fingerprint density at radius 3 is 2.82 bits per heavy atom. The molecule has 0 aromatic rings. The Labute approximate surface area is 72.9 Å². The van der Waals surface area contributed by atoms with Crippen molar-refractivity contribution in [3.63, 3.8) is 0 Å². The average Bonchev–Trinajstić information content (AvgIpc) is 1.99. The molecule has 0 heterocycles. The van der Waals surface area contributed by atoms with Crippen LogP contribution in [-0.4, -0.2) is 18.1 Å². The second-order valence-corrected chi connectivity index (χ2v) is 2.37. The fourth-order valence-electron chi connectivity index (χ4n) is 0.536. The quantitative estimate of drug-likeness (QED) is 0.284. The fraction of sp³-hybridized carbons (Fsp3) is 0.375. The van der Waals surface area contributed by atoms with E-state index in [-0.39, 0.29) is 0 Å². The summed E-state index contributed by atoms with van der Waals surface area (Å²) >= 11 is 4.94. The van der Waals surface area contributed by atoms with Crippen molar-refractivity contribution < 1.29 is 4.74 Å². The van der Waals surface area contributed by atoms with Crippen LogP contribution in [0.1, 0.15) is 6.42 Å². The van der Waals surface area contributed by atoms with Crippen molar-refractivity contribution in [3.8, 4) is 0 Å². The van der Waals surface area contributed by atoms with Gasteiger partial charge in [0.25, 0.3) is 0 Å². The Bertz CT molecular complexity index is 145. The van der Waals surface area contributed by atoms with Crippen LogP contribution in [0.25, 0.3) is 0 Å². The van der Waals surface area contributed by atoms with E-state index in [1.165, 1.54) is 6.26 Å². The molecule has 0 rings (SSSR count). The van der Waals surface area contributed by atoms with E-state index in [1.54, 1.807) is 6.08 Å². The van der Waals surface area contributed by atoms with Crippen molar-refractivity contribution in [1.29, 1.82) is 0 Å². The zero-order chi connectivity index (χ0) is 8.53. The maximum Gasteiger partial charge on any atom is 0.104 e. The highest BCUT2D eigenvalue weighted by atomic mass is 32.1. The molecule has 0 fully saturated rings. The summed E-state index contributed by atoms with van der Waals surface area (Å²) in [5.41, 5.74) is 0. The van der Waals surface area contributed by atoms with E-state index in [9.17, 15) is 0 Å². The van der Waals surface area contributed by atoms with Gasteiger partial charge in [-0.15, -0.1) is 6.58 Å². The number of hydrogen-bond donors (Lipinski definition) is 1. The minimum Gasteiger partial charge on any atom is -0.500 e. The van der Waals surface area contributed by atoms with Crippen molar-refractivity contribution in [2.75, 3.05) is 13.2 Å². The zero-order valence-electron chi connectivity index (χ0n) is 6.51. The Morgan fingerprint density at radius 1 is 1.55 bits per heavy atom. The second kappa shape index (κ2) is 7.28. The van der Waals surface area contributed by atoms with Crippen LogP contribution in [0.3, 0.4) is 0 Å². The van der Waals surface area contributed by atoms with Gasteiger partial charge in [0, 0.05) is 13.0 Å². The van der Waals surface area contributed by atoms with Crippen molar-refractivity contribution in [3.05, 3.63) is 25.5 Å². The molecule has 0 aromatic carbocycles. The third kappa shape index (κ3) is 7.06.